The third kappa shape index (κ3) is 1.88. The van der Waals surface area contributed by atoms with Crippen LogP contribution in [0.4, 0.5) is 8.78 Å². The van der Waals surface area contributed by atoms with Crippen molar-refractivity contribution in [2.45, 2.75) is 31.2 Å². The fraction of sp³-hybridized carbons (Fsp3) is 0.500. The summed E-state index contributed by atoms with van der Waals surface area (Å²) in [6.07, 6.45) is 4.01. The molecule has 0 aromatic heterocycles. The molecule has 0 spiro atoms. The van der Waals surface area contributed by atoms with Crippen molar-refractivity contribution in [2.24, 2.45) is 4.99 Å². The summed E-state index contributed by atoms with van der Waals surface area (Å²) < 4.78 is 38.9. The minimum absolute atomic E-state index is 0.00644. The van der Waals surface area contributed by atoms with E-state index in [-0.39, 0.29) is 30.3 Å². The number of hydrogen-bond acceptors (Lipinski definition) is 4. The number of isocyanates is 1. The second-order valence-corrected chi connectivity index (χ2v) is 5.01. The van der Waals surface area contributed by atoms with Gasteiger partial charge in [-0.15, -0.1) is 0 Å². The van der Waals surface area contributed by atoms with Gasteiger partial charge in [-0.2, -0.15) is 4.99 Å². The maximum atomic E-state index is 14.3. The first-order valence-electron chi connectivity index (χ1n) is 6.55. The summed E-state index contributed by atoms with van der Waals surface area (Å²) in [6.45, 7) is 0.535. The zero-order valence-corrected chi connectivity index (χ0v) is 10.7. The van der Waals surface area contributed by atoms with E-state index in [4.69, 9.17) is 9.47 Å². The summed E-state index contributed by atoms with van der Waals surface area (Å²) in [6, 6.07) is 0.973. The summed E-state index contributed by atoms with van der Waals surface area (Å²) in [5.74, 6) is -1.71. The van der Waals surface area contributed by atoms with E-state index in [0.29, 0.717) is 12.8 Å². The van der Waals surface area contributed by atoms with E-state index in [0.717, 1.165) is 18.9 Å². The number of fused-ring (bicyclic) bond motifs is 1. The van der Waals surface area contributed by atoms with E-state index in [2.05, 4.69) is 4.99 Å². The average molecular weight is 281 g/mol. The molecule has 6 heteroatoms. The minimum atomic E-state index is -1.08. The van der Waals surface area contributed by atoms with Crippen LogP contribution in [-0.4, -0.2) is 19.3 Å². The van der Waals surface area contributed by atoms with Gasteiger partial charge < -0.3 is 9.47 Å². The highest BCUT2D eigenvalue weighted by Gasteiger charge is 2.43. The molecule has 106 valence electrons. The molecule has 0 amide bonds. The van der Waals surface area contributed by atoms with Gasteiger partial charge >= 0.3 is 0 Å². The Bertz CT molecular complexity index is 591. The molecule has 1 aromatic carbocycles. The quantitative estimate of drug-likeness (QED) is 0.618. The summed E-state index contributed by atoms with van der Waals surface area (Å²) in [7, 11) is 0. The Hall–Kier alpha value is -1.94. The second-order valence-electron chi connectivity index (χ2n) is 5.01. The van der Waals surface area contributed by atoms with Crippen LogP contribution in [0, 0.1) is 11.6 Å². The molecular formula is C14H13F2NO3. The molecule has 3 rings (SSSR count). The van der Waals surface area contributed by atoms with Gasteiger partial charge in [0.2, 0.25) is 6.08 Å². The summed E-state index contributed by atoms with van der Waals surface area (Å²) in [4.78, 5) is 14.5. The number of carbonyl (C=O) groups excluding carboxylic acids is 1. The van der Waals surface area contributed by atoms with E-state index in [1.807, 2.05) is 0 Å². The Labute approximate surface area is 114 Å². The van der Waals surface area contributed by atoms with Crippen LogP contribution in [0.2, 0.25) is 0 Å². The average Bonchev–Trinajstić information content (AvgIpc) is 2.90. The van der Waals surface area contributed by atoms with Gasteiger partial charge in [-0.05, 0) is 12.8 Å². The van der Waals surface area contributed by atoms with Crippen LogP contribution in [0.15, 0.2) is 11.1 Å². The van der Waals surface area contributed by atoms with E-state index in [1.54, 1.807) is 0 Å². The fourth-order valence-corrected chi connectivity index (χ4v) is 3.01. The van der Waals surface area contributed by atoms with Crippen LogP contribution in [-0.2, 0) is 10.3 Å². The number of rotatable bonds is 2. The SMILES string of the molecule is O=C=NC1(c2c(F)c(F)cc3c2OCCO3)CCCC1. The van der Waals surface area contributed by atoms with Gasteiger partial charge in [0.15, 0.2) is 23.1 Å². The predicted octanol–water partition coefficient (Wildman–Crippen LogP) is 2.84. The van der Waals surface area contributed by atoms with Crippen LogP contribution >= 0.6 is 0 Å². The smallest absolute Gasteiger partial charge is 0.235 e. The number of halogens is 2. The molecule has 0 bridgehead atoms. The fourth-order valence-electron chi connectivity index (χ4n) is 3.01. The van der Waals surface area contributed by atoms with Gasteiger partial charge in [0.05, 0.1) is 5.56 Å². The van der Waals surface area contributed by atoms with E-state index >= 15 is 0 Å². The molecule has 20 heavy (non-hydrogen) atoms. The monoisotopic (exact) mass is 281 g/mol. The molecule has 0 atom stereocenters. The van der Waals surface area contributed by atoms with E-state index < -0.39 is 17.2 Å². The molecule has 1 aliphatic carbocycles. The van der Waals surface area contributed by atoms with Crippen molar-refractivity contribution in [3.8, 4) is 11.5 Å². The molecule has 1 aliphatic heterocycles. The predicted molar refractivity (Wildman–Crippen MR) is 65.6 cm³/mol. The van der Waals surface area contributed by atoms with Crippen molar-refractivity contribution < 1.29 is 23.0 Å². The summed E-state index contributed by atoms with van der Waals surface area (Å²) in [5.41, 5.74) is -1.09. The number of benzene rings is 1. The van der Waals surface area contributed by atoms with Crippen LogP contribution in [0.1, 0.15) is 31.2 Å². The standard InChI is InChI=1S/C14H13F2NO3/c15-9-7-10-13(20-6-5-19-10)11(12(9)16)14(17-8-18)3-1-2-4-14/h7H,1-6H2. The first-order valence-corrected chi connectivity index (χ1v) is 6.55. The third-order valence-corrected chi connectivity index (χ3v) is 3.88. The zero-order valence-electron chi connectivity index (χ0n) is 10.7. The number of hydrogen-bond donors (Lipinski definition) is 0. The lowest BCUT2D eigenvalue weighted by molar-refractivity contribution is 0.163. The first kappa shape index (κ1) is 13.1. The Morgan fingerprint density at radius 1 is 1.20 bits per heavy atom. The van der Waals surface area contributed by atoms with Crippen LogP contribution < -0.4 is 9.47 Å². The Morgan fingerprint density at radius 2 is 1.90 bits per heavy atom. The lowest BCUT2D eigenvalue weighted by Gasteiger charge is -2.29. The van der Waals surface area contributed by atoms with Crippen LogP contribution in [0.25, 0.3) is 0 Å². The van der Waals surface area contributed by atoms with Crippen LogP contribution in [0.3, 0.4) is 0 Å². The van der Waals surface area contributed by atoms with Crippen molar-refractivity contribution >= 4 is 6.08 Å². The highest BCUT2D eigenvalue weighted by atomic mass is 19.2. The first-order chi connectivity index (χ1) is 9.68. The summed E-state index contributed by atoms with van der Waals surface area (Å²) >= 11 is 0. The summed E-state index contributed by atoms with van der Waals surface area (Å²) in [5, 5.41) is 0. The molecule has 1 saturated carbocycles. The van der Waals surface area contributed by atoms with Gasteiger partial charge in [-0.25, -0.2) is 13.6 Å². The van der Waals surface area contributed by atoms with Gasteiger partial charge in [0.25, 0.3) is 0 Å². The highest BCUT2D eigenvalue weighted by Crippen LogP contribution is 2.50. The maximum Gasteiger partial charge on any atom is 0.235 e. The number of aliphatic imine (C=N–C) groups is 1. The molecule has 1 aromatic rings. The van der Waals surface area contributed by atoms with Gasteiger partial charge in [-0.1, -0.05) is 12.8 Å². The molecule has 1 fully saturated rings. The normalized spacial score (nSPS) is 19.5. The number of ether oxygens (including phenoxy) is 2. The number of nitrogens with zero attached hydrogens (tertiary/aromatic N) is 1. The van der Waals surface area contributed by atoms with Crippen LogP contribution in [0.5, 0.6) is 11.5 Å². The lowest BCUT2D eigenvalue weighted by atomic mass is 9.87. The molecule has 0 saturated heterocycles. The topological polar surface area (TPSA) is 47.9 Å². The van der Waals surface area contributed by atoms with Crippen molar-refractivity contribution in [1.82, 2.24) is 0 Å². The van der Waals surface area contributed by atoms with Crippen molar-refractivity contribution in [2.75, 3.05) is 13.2 Å². The van der Waals surface area contributed by atoms with E-state index in [9.17, 15) is 13.6 Å². The molecular weight excluding hydrogens is 268 g/mol. The molecule has 0 N–H and O–H groups in total. The van der Waals surface area contributed by atoms with Crippen molar-refractivity contribution in [3.05, 3.63) is 23.3 Å². The largest absolute Gasteiger partial charge is 0.486 e. The zero-order chi connectivity index (χ0) is 14.2. The molecule has 4 nitrogen and oxygen atoms in total. The van der Waals surface area contributed by atoms with E-state index in [1.165, 1.54) is 6.08 Å². The van der Waals surface area contributed by atoms with Crippen molar-refractivity contribution in [1.29, 1.82) is 0 Å². The Balaban J connectivity index is 2.26. The van der Waals surface area contributed by atoms with Gasteiger partial charge in [0.1, 0.15) is 18.8 Å². The minimum Gasteiger partial charge on any atom is -0.486 e. The third-order valence-electron chi connectivity index (χ3n) is 3.88. The van der Waals surface area contributed by atoms with Gasteiger partial charge in [-0.3, -0.25) is 0 Å². The van der Waals surface area contributed by atoms with Gasteiger partial charge in [0, 0.05) is 6.07 Å². The van der Waals surface area contributed by atoms with Crippen molar-refractivity contribution in [3.63, 3.8) is 0 Å². The molecule has 0 radical (unpaired) electrons. The Kier molecular flexibility index (Phi) is 3.18. The molecule has 0 unspecified atom stereocenters. The lowest BCUT2D eigenvalue weighted by Crippen LogP contribution is -2.26. The maximum absolute atomic E-state index is 14.3. The molecule has 2 aliphatic rings. The highest BCUT2D eigenvalue weighted by molar-refractivity contribution is 5.53. The molecule has 1 heterocycles. The second kappa shape index (κ2) is 4.87. The Morgan fingerprint density at radius 3 is 2.60 bits per heavy atom.